The third-order valence-corrected chi connectivity index (χ3v) is 3.31. The number of anilines is 1. The Labute approximate surface area is 87.5 Å². The maximum Gasteiger partial charge on any atom is 0.142 e. The molecule has 1 aliphatic rings. The molecule has 2 rings (SSSR count). The summed E-state index contributed by atoms with van der Waals surface area (Å²) in [6, 6.07) is 8.03. The summed E-state index contributed by atoms with van der Waals surface area (Å²) in [5.74, 6) is 3.17. The lowest BCUT2D eigenvalue weighted by Gasteiger charge is -2.11. The van der Waals surface area contributed by atoms with Crippen molar-refractivity contribution in [3.63, 3.8) is 0 Å². The highest BCUT2D eigenvalue weighted by Gasteiger charge is 2.15. The topological polar surface area (TPSA) is 48.7 Å². The van der Waals surface area contributed by atoms with Crippen LogP contribution in [0.2, 0.25) is 0 Å². The van der Waals surface area contributed by atoms with Crippen LogP contribution in [0.25, 0.3) is 0 Å². The number of hydrogen-bond donors (Lipinski definition) is 1. The van der Waals surface area contributed by atoms with Crippen LogP contribution in [-0.2, 0) is 0 Å². The van der Waals surface area contributed by atoms with Gasteiger partial charge in [-0.25, -0.2) is 4.98 Å². The second-order valence-electron chi connectivity index (χ2n) is 3.22. The molecule has 14 heavy (non-hydrogen) atoms. The number of nitrogens with one attached hydrogen (secondary N) is 1. The van der Waals surface area contributed by atoms with Gasteiger partial charge < -0.3 is 5.32 Å². The normalized spacial score (nSPS) is 20.4. The van der Waals surface area contributed by atoms with Crippen molar-refractivity contribution in [1.29, 1.82) is 5.26 Å². The van der Waals surface area contributed by atoms with E-state index in [-0.39, 0.29) is 0 Å². The van der Waals surface area contributed by atoms with E-state index in [2.05, 4.69) is 10.3 Å². The summed E-state index contributed by atoms with van der Waals surface area (Å²) in [5, 5.41) is 12.0. The number of rotatable bonds is 2. The van der Waals surface area contributed by atoms with Crippen LogP contribution in [0.3, 0.4) is 0 Å². The van der Waals surface area contributed by atoms with Gasteiger partial charge in [0, 0.05) is 11.8 Å². The van der Waals surface area contributed by atoms with E-state index < -0.39 is 0 Å². The molecule has 0 aromatic carbocycles. The van der Waals surface area contributed by atoms with Crippen molar-refractivity contribution >= 4 is 17.6 Å². The monoisotopic (exact) mass is 205 g/mol. The van der Waals surface area contributed by atoms with Crippen LogP contribution in [0.4, 0.5) is 5.82 Å². The van der Waals surface area contributed by atoms with Crippen molar-refractivity contribution < 1.29 is 0 Å². The molecule has 1 unspecified atom stereocenters. The molecule has 1 fully saturated rings. The van der Waals surface area contributed by atoms with E-state index in [1.54, 1.807) is 6.07 Å². The second kappa shape index (κ2) is 4.34. The van der Waals surface area contributed by atoms with E-state index in [4.69, 9.17) is 5.26 Å². The van der Waals surface area contributed by atoms with E-state index in [1.807, 2.05) is 30.0 Å². The molecule has 1 aromatic heterocycles. The fourth-order valence-corrected chi connectivity index (χ4v) is 2.59. The van der Waals surface area contributed by atoms with E-state index in [9.17, 15) is 0 Å². The SMILES string of the molecule is N#Cc1cccc(NC2CCSC2)n1. The first kappa shape index (κ1) is 9.35. The van der Waals surface area contributed by atoms with Crippen molar-refractivity contribution in [3.8, 4) is 6.07 Å². The summed E-state index contributed by atoms with van der Waals surface area (Å²) in [6.45, 7) is 0. The zero-order chi connectivity index (χ0) is 9.80. The largest absolute Gasteiger partial charge is 0.366 e. The highest BCUT2D eigenvalue weighted by atomic mass is 32.2. The van der Waals surface area contributed by atoms with Crippen LogP contribution >= 0.6 is 11.8 Å². The number of nitrogens with zero attached hydrogens (tertiary/aromatic N) is 2. The Kier molecular flexibility index (Phi) is 2.90. The molecule has 3 nitrogen and oxygen atoms in total. The smallest absolute Gasteiger partial charge is 0.142 e. The lowest BCUT2D eigenvalue weighted by atomic mass is 10.2. The van der Waals surface area contributed by atoms with Crippen molar-refractivity contribution in [1.82, 2.24) is 4.98 Å². The maximum atomic E-state index is 8.68. The first-order chi connectivity index (χ1) is 6.88. The summed E-state index contributed by atoms with van der Waals surface area (Å²) in [4.78, 5) is 4.17. The van der Waals surface area contributed by atoms with Crippen LogP contribution in [0.15, 0.2) is 18.2 Å². The van der Waals surface area contributed by atoms with E-state index in [1.165, 1.54) is 12.2 Å². The van der Waals surface area contributed by atoms with Crippen LogP contribution in [-0.4, -0.2) is 22.5 Å². The van der Waals surface area contributed by atoms with Gasteiger partial charge in [0.1, 0.15) is 17.6 Å². The van der Waals surface area contributed by atoms with Crippen LogP contribution in [0, 0.1) is 11.3 Å². The molecule has 0 spiro atoms. The highest BCUT2D eigenvalue weighted by Crippen LogP contribution is 2.20. The first-order valence-corrected chi connectivity index (χ1v) is 5.75. The van der Waals surface area contributed by atoms with E-state index in [0.717, 1.165) is 11.6 Å². The van der Waals surface area contributed by atoms with Gasteiger partial charge in [0.05, 0.1) is 0 Å². The Hall–Kier alpha value is -1.21. The Balaban J connectivity index is 2.05. The van der Waals surface area contributed by atoms with Gasteiger partial charge in [-0.05, 0) is 24.3 Å². The first-order valence-electron chi connectivity index (χ1n) is 4.60. The summed E-state index contributed by atoms with van der Waals surface area (Å²) in [5.41, 5.74) is 0.473. The number of hydrogen-bond acceptors (Lipinski definition) is 4. The van der Waals surface area contributed by atoms with Gasteiger partial charge in [0.2, 0.25) is 0 Å². The van der Waals surface area contributed by atoms with Gasteiger partial charge >= 0.3 is 0 Å². The standard InChI is InChI=1S/C10H11N3S/c11-6-8-2-1-3-10(12-8)13-9-4-5-14-7-9/h1-3,9H,4-5,7H2,(H,12,13). The molecule has 1 aromatic rings. The molecule has 0 radical (unpaired) electrons. The molecule has 72 valence electrons. The lowest BCUT2D eigenvalue weighted by molar-refractivity contribution is 0.806. The van der Waals surface area contributed by atoms with Crippen molar-refractivity contribution in [3.05, 3.63) is 23.9 Å². The molecule has 0 aliphatic carbocycles. The predicted octanol–water partition coefficient (Wildman–Crippen LogP) is 1.87. The highest BCUT2D eigenvalue weighted by molar-refractivity contribution is 7.99. The Morgan fingerprint density at radius 2 is 2.50 bits per heavy atom. The lowest BCUT2D eigenvalue weighted by Crippen LogP contribution is -2.18. The summed E-state index contributed by atoms with van der Waals surface area (Å²) in [7, 11) is 0. The Morgan fingerprint density at radius 1 is 1.57 bits per heavy atom. The summed E-state index contributed by atoms with van der Waals surface area (Å²) in [6.07, 6.45) is 1.18. The second-order valence-corrected chi connectivity index (χ2v) is 4.37. The van der Waals surface area contributed by atoms with Gasteiger partial charge in [0.15, 0.2) is 0 Å². The molecule has 1 aliphatic heterocycles. The quantitative estimate of drug-likeness (QED) is 0.800. The molecular weight excluding hydrogens is 194 g/mol. The third kappa shape index (κ3) is 2.18. The third-order valence-electron chi connectivity index (χ3n) is 2.15. The molecule has 2 heterocycles. The molecule has 0 amide bonds. The molecule has 4 heteroatoms. The number of thioether (sulfide) groups is 1. The predicted molar refractivity (Wildman–Crippen MR) is 58.3 cm³/mol. The van der Waals surface area contributed by atoms with Crippen LogP contribution < -0.4 is 5.32 Å². The molecule has 0 saturated carbocycles. The van der Waals surface area contributed by atoms with Crippen molar-refractivity contribution in [2.24, 2.45) is 0 Å². The molecule has 1 saturated heterocycles. The zero-order valence-corrected chi connectivity index (χ0v) is 8.55. The average molecular weight is 205 g/mol. The van der Waals surface area contributed by atoms with Gasteiger partial charge in [0.25, 0.3) is 0 Å². The minimum Gasteiger partial charge on any atom is -0.366 e. The van der Waals surface area contributed by atoms with Gasteiger partial charge in [-0.15, -0.1) is 0 Å². The Morgan fingerprint density at radius 3 is 3.21 bits per heavy atom. The summed E-state index contributed by atoms with van der Waals surface area (Å²) < 4.78 is 0. The number of nitriles is 1. The average Bonchev–Trinajstić information content (AvgIpc) is 2.71. The Bertz CT molecular complexity index is 353. The molecule has 0 bridgehead atoms. The van der Waals surface area contributed by atoms with E-state index >= 15 is 0 Å². The van der Waals surface area contributed by atoms with Crippen LogP contribution in [0.1, 0.15) is 12.1 Å². The fourth-order valence-electron chi connectivity index (χ4n) is 1.43. The maximum absolute atomic E-state index is 8.68. The minimum absolute atomic E-state index is 0.473. The summed E-state index contributed by atoms with van der Waals surface area (Å²) >= 11 is 1.96. The van der Waals surface area contributed by atoms with Gasteiger partial charge in [-0.1, -0.05) is 6.07 Å². The van der Waals surface area contributed by atoms with Crippen molar-refractivity contribution in [2.45, 2.75) is 12.5 Å². The minimum atomic E-state index is 0.473. The van der Waals surface area contributed by atoms with Crippen LogP contribution in [0.5, 0.6) is 0 Å². The molecular formula is C10H11N3S. The molecule has 1 N–H and O–H groups in total. The zero-order valence-electron chi connectivity index (χ0n) is 7.73. The van der Waals surface area contributed by atoms with Gasteiger partial charge in [-0.2, -0.15) is 17.0 Å². The fraction of sp³-hybridized carbons (Fsp3) is 0.400. The van der Waals surface area contributed by atoms with Crippen molar-refractivity contribution in [2.75, 3.05) is 16.8 Å². The van der Waals surface area contributed by atoms with E-state index in [0.29, 0.717) is 11.7 Å². The number of pyridine rings is 1. The molecule has 1 atom stereocenters. The van der Waals surface area contributed by atoms with Gasteiger partial charge in [-0.3, -0.25) is 0 Å². The number of aromatic nitrogens is 1.